The fourth-order valence-corrected chi connectivity index (χ4v) is 3.37. The number of benzene rings is 1. The van der Waals surface area contributed by atoms with E-state index in [-0.39, 0.29) is 25.5 Å². The molecular formula is C27H33N7O6. The van der Waals surface area contributed by atoms with Gasteiger partial charge in [-0.15, -0.1) is 0 Å². The minimum Gasteiger partial charge on any atom is -0.444 e. The summed E-state index contributed by atoms with van der Waals surface area (Å²) in [5.74, 6) is -0.283. The minimum absolute atomic E-state index is 0.0536. The van der Waals surface area contributed by atoms with E-state index in [1.807, 2.05) is 30.3 Å². The molecule has 3 aromatic rings. The molecule has 0 aliphatic carbocycles. The molecule has 0 bridgehead atoms. The lowest BCUT2D eigenvalue weighted by Gasteiger charge is -2.19. The second-order valence-corrected chi connectivity index (χ2v) is 9.80. The largest absolute Gasteiger partial charge is 0.444 e. The molecule has 1 aromatic carbocycles. The molecule has 0 aliphatic heterocycles. The molecule has 2 heterocycles. The summed E-state index contributed by atoms with van der Waals surface area (Å²) in [7, 11) is 0. The lowest BCUT2D eigenvalue weighted by Crippen LogP contribution is -2.38. The number of carbonyl (C=O) groups excluding carboxylic acids is 3. The molecule has 0 spiro atoms. The summed E-state index contributed by atoms with van der Waals surface area (Å²) in [6, 6.07) is 12.4. The van der Waals surface area contributed by atoms with Gasteiger partial charge in [-0.2, -0.15) is 0 Å². The van der Waals surface area contributed by atoms with Crippen molar-refractivity contribution in [1.29, 1.82) is 0 Å². The third-order valence-corrected chi connectivity index (χ3v) is 5.35. The normalized spacial score (nSPS) is 10.8. The number of anilines is 2. The number of ether oxygens (including phenoxy) is 2. The van der Waals surface area contributed by atoms with Crippen LogP contribution in [0.2, 0.25) is 0 Å². The average Bonchev–Trinajstić information content (AvgIpc) is 2.88. The summed E-state index contributed by atoms with van der Waals surface area (Å²) in [6.45, 7) is 8.60. The SMILES string of the molecule is Cc1nc(NC(=O)OC(C)(C)C)ccc1CNC(=O)Cn1c(C)cnc(NNC(=O)OCc2ccccc2)c1=O. The van der Waals surface area contributed by atoms with Crippen LogP contribution in [0.5, 0.6) is 0 Å². The molecule has 0 fully saturated rings. The molecule has 13 heteroatoms. The van der Waals surface area contributed by atoms with Crippen molar-refractivity contribution >= 4 is 29.7 Å². The van der Waals surface area contributed by atoms with Gasteiger partial charge in [0.05, 0.1) is 0 Å². The van der Waals surface area contributed by atoms with Gasteiger partial charge in [0.15, 0.2) is 0 Å². The number of amides is 3. The lowest BCUT2D eigenvalue weighted by molar-refractivity contribution is -0.121. The highest BCUT2D eigenvalue weighted by atomic mass is 16.6. The Bertz CT molecular complexity index is 1420. The maximum absolute atomic E-state index is 12.9. The molecule has 0 saturated carbocycles. The number of aryl methyl sites for hydroxylation is 2. The molecule has 40 heavy (non-hydrogen) atoms. The van der Waals surface area contributed by atoms with E-state index in [1.165, 1.54) is 10.8 Å². The number of nitrogens with zero attached hydrogens (tertiary/aromatic N) is 3. The number of aromatic nitrogens is 3. The highest BCUT2D eigenvalue weighted by Crippen LogP contribution is 2.13. The number of hydrogen-bond acceptors (Lipinski definition) is 9. The molecule has 212 valence electrons. The van der Waals surface area contributed by atoms with E-state index in [9.17, 15) is 19.2 Å². The van der Waals surface area contributed by atoms with Crippen molar-refractivity contribution in [1.82, 2.24) is 25.3 Å². The van der Waals surface area contributed by atoms with Crippen LogP contribution in [0.15, 0.2) is 53.5 Å². The highest BCUT2D eigenvalue weighted by molar-refractivity contribution is 5.83. The first-order valence-corrected chi connectivity index (χ1v) is 12.4. The van der Waals surface area contributed by atoms with Crippen LogP contribution in [-0.4, -0.2) is 38.2 Å². The highest BCUT2D eigenvalue weighted by Gasteiger charge is 2.17. The summed E-state index contributed by atoms with van der Waals surface area (Å²) >= 11 is 0. The van der Waals surface area contributed by atoms with Crippen molar-refractivity contribution in [2.75, 3.05) is 10.7 Å². The van der Waals surface area contributed by atoms with Gasteiger partial charge in [-0.05, 0) is 51.8 Å². The molecule has 0 saturated heterocycles. The molecule has 3 rings (SSSR count). The maximum atomic E-state index is 12.9. The number of hydrazine groups is 1. The summed E-state index contributed by atoms with van der Waals surface area (Å²) in [4.78, 5) is 57.8. The van der Waals surface area contributed by atoms with Crippen LogP contribution in [-0.2, 0) is 34.0 Å². The van der Waals surface area contributed by atoms with Crippen molar-refractivity contribution in [2.24, 2.45) is 0 Å². The van der Waals surface area contributed by atoms with E-state index in [0.717, 1.165) is 11.1 Å². The quantitative estimate of drug-likeness (QED) is 0.292. The third kappa shape index (κ3) is 9.11. The number of rotatable bonds is 9. The van der Waals surface area contributed by atoms with E-state index in [2.05, 4.69) is 31.5 Å². The Hall–Kier alpha value is -4.94. The first kappa shape index (κ1) is 29.6. The number of carbonyl (C=O) groups is 3. The van der Waals surface area contributed by atoms with Gasteiger partial charge < -0.3 is 14.8 Å². The number of nitrogens with one attached hydrogen (secondary N) is 4. The Balaban J connectivity index is 1.53. The molecule has 4 N–H and O–H groups in total. The Labute approximate surface area is 231 Å². The summed E-state index contributed by atoms with van der Waals surface area (Å²) in [5.41, 5.74) is 6.04. The van der Waals surface area contributed by atoms with Gasteiger partial charge in [0, 0.05) is 24.1 Å². The van der Waals surface area contributed by atoms with Gasteiger partial charge in [-0.3, -0.25) is 24.9 Å². The predicted molar refractivity (Wildman–Crippen MR) is 147 cm³/mol. The van der Waals surface area contributed by atoms with Crippen molar-refractivity contribution < 1.29 is 23.9 Å². The first-order chi connectivity index (χ1) is 18.9. The van der Waals surface area contributed by atoms with E-state index in [4.69, 9.17) is 9.47 Å². The molecule has 13 nitrogen and oxygen atoms in total. The monoisotopic (exact) mass is 551 g/mol. The standard InChI is InChI=1S/C27H33N7O6/c1-17-13-29-23(32-33-26(38)39-16-19-9-7-6-8-10-19)24(36)34(17)15-22(35)28-14-20-11-12-21(30-18(20)2)31-25(37)40-27(3,4)5/h6-13H,14-16H2,1-5H3,(H,28,35)(H,29,32)(H,33,38)(H,30,31,37). The zero-order valence-electron chi connectivity index (χ0n) is 23.0. The number of hydrogen-bond donors (Lipinski definition) is 4. The Morgan fingerprint density at radius 2 is 1.73 bits per heavy atom. The van der Waals surface area contributed by atoms with Crippen molar-refractivity contribution in [3.05, 3.63) is 81.5 Å². The molecular weight excluding hydrogens is 518 g/mol. The fourth-order valence-electron chi connectivity index (χ4n) is 3.37. The Kier molecular flexibility index (Phi) is 9.79. The lowest BCUT2D eigenvalue weighted by atomic mass is 10.2. The van der Waals surface area contributed by atoms with E-state index in [1.54, 1.807) is 46.8 Å². The van der Waals surface area contributed by atoms with Crippen molar-refractivity contribution in [2.45, 2.75) is 59.9 Å². The second-order valence-electron chi connectivity index (χ2n) is 9.80. The number of pyridine rings is 1. The van der Waals surface area contributed by atoms with Crippen LogP contribution in [0.3, 0.4) is 0 Å². The molecule has 0 aliphatic rings. The maximum Gasteiger partial charge on any atom is 0.426 e. The van der Waals surface area contributed by atoms with E-state index >= 15 is 0 Å². The van der Waals surface area contributed by atoms with Crippen LogP contribution < -0.4 is 27.0 Å². The van der Waals surface area contributed by atoms with Gasteiger partial charge in [0.1, 0.15) is 24.6 Å². The van der Waals surface area contributed by atoms with Crippen LogP contribution in [0, 0.1) is 13.8 Å². The zero-order chi connectivity index (χ0) is 29.3. The fraction of sp³-hybridized carbons (Fsp3) is 0.333. The van der Waals surface area contributed by atoms with E-state index in [0.29, 0.717) is 17.2 Å². The predicted octanol–water partition coefficient (Wildman–Crippen LogP) is 3.17. The van der Waals surface area contributed by atoms with Crippen LogP contribution in [0.4, 0.5) is 21.2 Å². The van der Waals surface area contributed by atoms with Gasteiger partial charge in [0.2, 0.25) is 11.7 Å². The molecule has 0 unspecified atom stereocenters. The first-order valence-electron chi connectivity index (χ1n) is 12.4. The van der Waals surface area contributed by atoms with Gasteiger partial charge >= 0.3 is 12.2 Å². The average molecular weight is 552 g/mol. The second kappa shape index (κ2) is 13.2. The zero-order valence-corrected chi connectivity index (χ0v) is 23.0. The van der Waals surface area contributed by atoms with Crippen LogP contribution in [0.25, 0.3) is 0 Å². The Morgan fingerprint density at radius 3 is 2.40 bits per heavy atom. The molecule has 0 atom stereocenters. The minimum atomic E-state index is -0.800. The molecule has 2 aromatic heterocycles. The van der Waals surface area contributed by atoms with Crippen LogP contribution in [0.1, 0.15) is 43.3 Å². The summed E-state index contributed by atoms with van der Waals surface area (Å²) in [5, 5.41) is 5.32. The van der Waals surface area contributed by atoms with Gasteiger partial charge in [0.25, 0.3) is 5.56 Å². The van der Waals surface area contributed by atoms with E-state index < -0.39 is 29.3 Å². The van der Waals surface area contributed by atoms with Crippen molar-refractivity contribution in [3.63, 3.8) is 0 Å². The van der Waals surface area contributed by atoms with Crippen molar-refractivity contribution in [3.8, 4) is 0 Å². The molecule has 3 amide bonds. The van der Waals surface area contributed by atoms with Crippen LogP contribution >= 0.6 is 0 Å². The Morgan fingerprint density at radius 1 is 1.00 bits per heavy atom. The summed E-state index contributed by atoms with van der Waals surface area (Å²) in [6.07, 6.45) is -0.0173. The molecule has 0 radical (unpaired) electrons. The third-order valence-electron chi connectivity index (χ3n) is 5.35. The van der Waals surface area contributed by atoms with Gasteiger partial charge in [-0.1, -0.05) is 36.4 Å². The summed E-state index contributed by atoms with van der Waals surface area (Å²) < 4.78 is 11.5. The smallest absolute Gasteiger partial charge is 0.426 e. The topological polar surface area (TPSA) is 166 Å². The van der Waals surface area contributed by atoms with Gasteiger partial charge in [-0.25, -0.2) is 25.0 Å².